The molecule has 122 valence electrons. The minimum Gasteiger partial charge on any atom is -0.397 e. The maximum Gasteiger partial charge on any atom is 0.274 e. The molecule has 0 aliphatic rings. The number of carbonyl (C=O) groups is 1. The predicted molar refractivity (Wildman–Crippen MR) is 82.2 cm³/mol. The van der Waals surface area contributed by atoms with Gasteiger partial charge in [0, 0.05) is 19.7 Å². The molecule has 0 aliphatic heterocycles. The van der Waals surface area contributed by atoms with Crippen molar-refractivity contribution >= 4 is 21.6 Å². The number of rotatable bonds is 4. The minimum absolute atomic E-state index is 0.0239. The van der Waals surface area contributed by atoms with Crippen LogP contribution in [0.2, 0.25) is 0 Å². The highest BCUT2D eigenvalue weighted by atomic mass is 32.2. The molecule has 23 heavy (non-hydrogen) atoms. The normalized spacial score (nSPS) is 11.3. The van der Waals surface area contributed by atoms with Gasteiger partial charge in [-0.15, -0.1) is 0 Å². The first-order valence-electron chi connectivity index (χ1n) is 6.47. The van der Waals surface area contributed by atoms with E-state index in [9.17, 15) is 17.6 Å². The second-order valence-corrected chi connectivity index (χ2v) is 6.44. The number of primary sulfonamides is 1. The lowest BCUT2D eigenvalue weighted by Gasteiger charge is -2.19. The van der Waals surface area contributed by atoms with E-state index >= 15 is 0 Å². The molecule has 1 aromatic heterocycles. The van der Waals surface area contributed by atoms with Crippen LogP contribution in [0.3, 0.4) is 0 Å². The van der Waals surface area contributed by atoms with E-state index in [1.54, 1.807) is 12.1 Å². The zero-order valence-corrected chi connectivity index (χ0v) is 13.0. The third kappa shape index (κ3) is 3.82. The van der Waals surface area contributed by atoms with Crippen molar-refractivity contribution < 1.29 is 17.6 Å². The van der Waals surface area contributed by atoms with E-state index in [1.807, 2.05) is 0 Å². The van der Waals surface area contributed by atoms with Gasteiger partial charge in [0.2, 0.25) is 10.0 Å². The summed E-state index contributed by atoms with van der Waals surface area (Å²) in [6, 6.07) is 7.06. The molecule has 2 aromatic rings. The molecule has 0 atom stereocenters. The van der Waals surface area contributed by atoms with Crippen molar-refractivity contribution in [3.05, 3.63) is 53.6 Å². The highest BCUT2D eigenvalue weighted by molar-refractivity contribution is 7.89. The summed E-state index contributed by atoms with van der Waals surface area (Å²) < 4.78 is 36.1. The van der Waals surface area contributed by atoms with Gasteiger partial charge < -0.3 is 10.6 Å². The molecule has 7 nitrogen and oxygen atoms in total. The van der Waals surface area contributed by atoms with Gasteiger partial charge in [-0.2, -0.15) is 0 Å². The lowest BCUT2D eigenvalue weighted by Crippen LogP contribution is -2.29. The van der Waals surface area contributed by atoms with Crippen molar-refractivity contribution in [2.75, 3.05) is 12.8 Å². The number of hydrogen-bond donors (Lipinski definition) is 2. The second kappa shape index (κ2) is 6.31. The summed E-state index contributed by atoms with van der Waals surface area (Å²) in [6.45, 7) is -0.0239. The summed E-state index contributed by atoms with van der Waals surface area (Å²) >= 11 is 0. The first-order valence-corrected chi connectivity index (χ1v) is 8.02. The van der Waals surface area contributed by atoms with Gasteiger partial charge in [0.1, 0.15) is 5.82 Å². The molecule has 0 unspecified atom stereocenters. The molecule has 1 aromatic carbocycles. The number of hydrogen-bond acceptors (Lipinski definition) is 5. The number of carbonyl (C=O) groups excluding carboxylic acids is 1. The van der Waals surface area contributed by atoms with Crippen LogP contribution in [0.25, 0.3) is 0 Å². The number of nitrogen functional groups attached to an aromatic ring is 1. The lowest BCUT2D eigenvalue weighted by molar-refractivity contribution is 0.0779. The Morgan fingerprint density at radius 2 is 2.00 bits per heavy atom. The van der Waals surface area contributed by atoms with E-state index in [1.165, 1.54) is 24.1 Å². The Hall–Kier alpha value is -2.52. The van der Waals surface area contributed by atoms with Crippen LogP contribution in [-0.2, 0) is 16.6 Å². The van der Waals surface area contributed by atoms with Gasteiger partial charge in [-0.05, 0) is 11.6 Å². The highest BCUT2D eigenvalue weighted by Gasteiger charge is 2.20. The van der Waals surface area contributed by atoms with Crippen molar-refractivity contribution in [3.63, 3.8) is 0 Å². The standard InChI is InChI=1S/C14H15FN4O3S/c1-19(14(20)13-11(16)6-10(15)7-18-13)8-9-4-2-3-5-12(9)23(17,21)22/h2-7H,8,16H2,1H3,(H2,17,21,22). The SMILES string of the molecule is CN(Cc1ccccc1S(N)(=O)=O)C(=O)c1ncc(F)cc1N. The van der Waals surface area contributed by atoms with E-state index in [4.69, 9.17) is 10.9 Å². The van der Waals surface area contributed by atoms with Crippen LogP contribution in [-0.4, -0.2) is 31.3 Å². The Morgan fingerprint density at radius 3 is 2.61 bits per heavy atom. The topological polar surface area (TPSA) is 119 Å². The van der Waals surface area contributed by atoms with Gasteiger partial charge in [-0.25, -0.2) is 22.9 Å². The zero-order chi connectivity index (χ0) is 17.2. The average Bonchev–Trinajstić information content (AvgIpc) is 2.46. The fraction of sp³-hybridized carbons (Fsp3) is 0.143. The quantitative estimate of drug-likeness (QED) is 0.851. The minimum atomic E-state index is -3.91. The van der Waals surface area contributed by atoms with Crippen LogP contribution >= 0.6 is 0 Å². The van der Waals surface area contributed by atoms with Crippen molar-refractivity contribution in [2.45, 2.75) is 11.4 Å². The summed E-state index contributed by atoms with van der Waals surface area (Å²) in [5, 5.41) is 5.16. The Bertz CT molecular complexity index is 855. The Morgan fingerprint density at radius 1 is 1.35 bits per heavy atom. The maximum atomic E-state index is 13.0. The van der Waals surface area contributed by atoms with E-state index in [0.717, 1.165) is 12.3 Å². The fourth-order valence-electron chi connectivity index (χ4n) is 2.05. The summed E-state index contributed by atoms with van der Waals surface area (Å²) in [5.41, 5.74) is 5.73. The first-order chi connectivity index (χ1) is 10.7. The summed E-state index contributed by atoms with van der Waals surface area (Å²) in [6.07, 6.45) is 0.885. The van der Waals surface area contributed by atoms with Crippen LogP contribution in [0.1, 0.15) is 16.1 Å². The molecule has 0 fully saturated rings. The number of anilines is 1. The van der Waals surface area contributed by atoms with Gasteiger partial charge in [0.15, 0.2) is 5.69 Å². The van der Waals surface area contributed by atoms with Gasteiger partial charge in [0.05, 0.1) is 16.8 Å². The molecule has 9 heteroatoms. The van der Waals surface area contributed by atoms with Gasteiger partial charge in [0.25, 0.3) is 5.91 Å². The maximum absolute atomic E-state index is 13.0. The number of pyridine rings is 1. The van der Waals surface area contributed by atoms with Crippen LogP contribution in [0.15, 0.2) is 41.4 Å². The number of sulfonamides is 1. The number of halogens is 1. The molecule has 1 amide bonds. The molecule has 0 saturated heterocycles. The molecular weight excluding hydrogens is 323 g/mol. The third-order valence-corrected chi connectivity index (χ3v) is 4.13. The lowest BCUT2D eigenvalue weighted by atomic mass is 10.2. The zero-order valence-electron chi connectivity index (χ0n) is 12.2. The molecule has 0 radical (unpaired) electrons. The predicted octanol–water partition coefficient (Wildman–Crippen LogP) is 0.723. The molecule has 0 saturated carbocycles. The van der Waals surface area contributed by atoms with Crippen molar-refractivity contribution in [3.8, 4) is 0 Å². The van der Waals surface area contributed by atoms with Gasteiger partial charge >= 0.3 is 0 Å². The molecule has 4 N–H and O–H groups in total. The molecule has 2 rings (SSSR count). The van der Waals surface area contributed by atoms with Crippen LogP contribution < -0.4 is 10.9 Å². The monoisotopic (exact) mass is 338 g/mol. The van der Waals surface area contributed by atoms with Crippen molar-refractivity contribution in [1.29, 1.82) is 0 Å². The number of nitrogens with two attached hydrogens (primary N) is 2. The number of nitrogens with zero attached hydrogens (tertiary/aromatic N) is 2. The van der Waals surface area contributed by atoms with Crippen LogP contribution in [0.5, 0.6) is 0 Å². The van der Waals surface area contributed by atoms with Gasteiger partial charge in [-0.1, -0.05) is 18.2 Å². The second-order valence-electron chi connectivity index (χ2n) is 4.91. The molecule has 0 bridgehead atoms. The largest absolute Gasteiger partial charge is 0.397 e. The van der Waals surface area contributed by atoms with Crippen LogP contribution in [0.4, 0.5) is 10.1 Å². The summed E-state index contributed by atoms with van der Waals surface area (Å²) in [7, 11) is -2.46. The van der Waals surface area contributed by atoms with Crippen LogP contribution in [0, 0.1) is 5.82 Å². The first kappa shape index (κ1) is 16.8. The van der Waals surface area contributed by atoms with E-state index in [0.29, 0.717) is 5.56 Å². The molecule has 1 heterocycles. The van der Waals surface area contributed by atoms with Gasteiger partial charge in [-0.3, -0.25) is 4.79 Å². The molecule has 0 spiro atoms. The third-order valence-electron chi connectivity index (χ3n) is 3.12. The number of aromatic nitrogens is 1. The van der Waals surface area contributed by atoms with E-state index in [2.05, 4.69) is 4.98 Å². The Labute approximate surface area is 132 Å². The molecule has 0 aliphatic carbocycles. The van der Waals surface area contributed by atoms with E-state index in [-0.39, 0.29) is 22.8 Å². The van der Waals surface area contributed by atoms with E-state index < -0.39 is 21.7 Å². The number of benzene rings is 1. The fourth-order valence-corrected chi connectivity index (χ4v) is 2.82. The average molecular weight is 338 g/mol. The van der Waals surface area contributed by atoms with Crippen molar-refractivity contribution in [2.24, 2.45) is 5.14 Å². The van der Waals surface area contributed by atoms with Crippen molar-refractivity contribution in [1.82, 2.24) is 9.88 Å². The Kier molecular flexibility index (Phi) is 4.62. The number of amides is 1. The summed E-state index contributed by atoms with van der Waals surface area (Å²) in [5.74, 6) is -1.21. The smallest absolute Gasteiger partial charge is 0.274 e. The Balaban J connectivity index is 2.29. The molecular formula is C14H15FN4O3S. The summed E-state index contributed by atoms with van der Waals surface area (Å²) in [4.78, 5) is 17.2. The highest BCUT2D eigenvalue weighted by Crippen LogP contribution is 2.18.